The van der Waals surface area contributed by atoms with Crippen molar-refractivity contribution in [2.75, 3.05) is 20.1 Å². The molecule has 1 unspecified atom stereocenters. The molecule has 1 rings (SSSR count). The fourth-order valence-corrected chi connectivity index (χ4v) is 1.52. The lowest BCUT2D eigenvalue weighted by Crippen LogP contribution is -2.43. The van der Waals surface area contributed by atoms with Crippen LogP contribution in [0.25, 0.3) is 0 Å². The Morgan fingerprint density at radius 3 is 2.55 bits per heavy atom. The number of β-amino-alcohol motifs (C(OH)–C–C–N with tert-alkyl or cyclic N) is 1. The summed E-state index contributed by atoms with van der Waals surface area (Å²) < 4.78 is 24.3. The van der Waals surface area contributed by atoms with Gasteiger partial charge in [0.15, 0.2) is 0 Å². The number of aliphatic hydroxyl groups is 1. The van der Waals surface area contributed by atoms with Gasteiger partial charge < -0.3 is 10.0 Å². The molecule has 1 N–H and O–H groups in total. The van der Waals surface area contributed by atoms with Crippen LogP contribution in [-0.2, 0) is 0 Å². The van der Waals surface area contributed by atoms with Gasteiger partial charge in [-0.15, -0.1) is 0 Å². The Morgan fingerprint density at radius 1 is 1.45 bits per heavy atom. The molecule has 1 heterocycles. The number of nitrogens with zero attached hydrogens (tertiary/aromatic N) is 1. The van der Waals surface area contributed by atoms with Crippen LogP contribution in [0.2, 0.25) is 0 Å². The summed E-state index contributed by atoms with van der Waals surface area (Å²) >= 11 is 0. The van der Waals surface area contributed by atoms with Crippen LogP contribution >= 0.6 is 0 Å². The number of piperidine rings is 1. The average molecular weight is 165 g/mol. The van der Waals surface area contributed by atoms with Crippen LogP contribution in [0.1, 0.15) is 6.42 Å². The lowest BCUT2D eigenvalue weighted by Gasteiger charge is -2.32. The van der Waals surface area contributed by atoms with Crippen LogP contribution in [0, 0.1) is 5.92 Å². The third kappa shape index (κ3) is 2.38. The van der Waals surface area contributed by atoms with Crippen molar-refractivity contribution in [3.63, 3.8) is 0 Å². The van der Waals surface area contributed by atoms with E-state index in [-0.39, 0.29) is 6.42 Å². The zero-order chi connectivity index (χ0) is 8.43. The third-order valence-electron chi connectivity index (χ3n) is 2.00. The van der Waals surface area contributed by atoms with Gasteiger partial charge in [-0.3, -0.25) is 0 Å². The molecule has 1 fully saturated rings. The molecule has 2 nitrogen and oxygen atoms in total. The first-order valence-corrected chi connectivity index (χ1v) is 3.74. The highest BCUT2D eigenvalue weighted by Crippen LogP contribution is 2.21. The number of aliphatic hydroxyl groups excluding tert-OH is 1. The van der Waals surface area contributed by atoms with Gasteiger partial charge in [0.1, 0.15) is 0 Å². The first-order chi connectivity index (χ1) is 5.09. The zero-order valence-corrected chi connectivity index (χ0v) is 6.50. The summed E-state index contributed by atoms with van der Waals surface area (Å²) in [6, 6.07) is 0. The van der Waals surface area contributed by atoms with Crippen molar-refractivity contribution < 1.29 is 13.9 Å². The fourth-order valence-electron chi connectivity index (χ4n) is 1.52. The maximum absolute atomic E-state index is 12.1. The summed E-state index contributed by atoms with van der Waals surface area (Å²) in [5.74, 6) is -0.649. The van der Waals surface area contributed by atoms with E-state index >= 15 is 0 Å². The summed E-state index contributed by atoms with van der Waals surface area (Å²) in [7, 11) is 1.75. The molecule has 0 amide bonds. The number of rotatable bonds is 1. The minimum absolute atomic E-state index is 0.238. The van der Waals surface area contributed by atoms with E-state index in [9.17, 15) is 8.78 Å². The maximum atomic E-state index is 12.1. The second-order valence-electron chi connectivity index (χ2n) is 3.21. The van der Waals surface area contributed by atoms with E-state index < -0.39 is 18.4 Å². The Bertz CT molecular complexity index is 122. The lowest BCUT2D eigenvalue weighted by atomic mass is 9.97. The monoisotopic (exact) mass is 165 g/mol. The number of halogens is 2. The van der Waals surface area contributed by atoms with Crippen LogP contribution in [0.4, 0.5) is 8.78 Å². The Morgan fingerprint density at radius 2 is 2.09 bits per heavy atom. The number of hydrogen-bond donors (Lipinski definition) is 1. The topological polar surface area (TPSA) is 23.5 Å². The normalized spacial score (nSPS) is 34.6. The van der Waals surface area contributed by atoms with E-state index in [2.05, 4.69) is 0 Å². The van der Waals surface area contributed by atoms with Gasteiger partial charge in [0, 0.05) is 19.0 Å². The van der Waals surface area contributed by atoms with Gasteiger partial charge in [-0.25, -0.2) is 8.78 Å². The molecule has 1 saturated heterocycles. The summed E-state index contributed by atoms with van der Waals surface area (Å²) in [4.78, 5) is 1.74. The Hall–Kier alpha value is -0.220. The van der Waals surface area contributed by atoms with Crippen LogP contribution in [0.3, 0.4) is 0 Å². The maximum Gasteiger partial charge on any atom is 0.242 e. The molecule has 4 heteroatoms. The Kier molecular flexibility index (Phi) is 2.78. The number of alkyl halides is 2. The zero-order valence-electron chi connectivity index (χ0n) is 6.50. The molecule has 0 saturated carbocycles. The predicted molar refractivity (Wildman–Crippen MR) is 37.6 cm³/mol. The van der Waals surface area contributed by atoms with Crippen molar-refractivity contribution in [3.8, 4) is 0 Å². The first-order valence-electron chi connectivity index (χ1n) is 3.74. The molecule has 0 spiro atoms. The Balaban J connectivity index is 2.43. The van der Waals surface area contributed by atoms with Gasteiger partial charge >= 0.3 is 0 Å². The summed E-state index contributed by atoms with van der Waals surface area (Å²) in [6.45, 7) is 0.915. The second-order valence-corrected chi connectivity index (χ2v) is 3.21. The van der Waals surface area contributed by atoms with Gasteiger partial charge in [0.2, 0.25) is 6.43 Å². The first kappa shape index (κ1) is 8.87. The highest BCUT2D eigenvalue weighted by molar-refractivity contribution is 4.77. The second kappa shape index (κ2) is 3.45. The quantitative estimate of drug-likeness (QED) is 0.613. The minimum atomic E-state index is -2.30. The summed E-state index contributed by atoms with van der Waals surface area (Å²) in [6.07, 6.45) is -2.64. The average Bonchev–Trinajstić information content (AvgIpc) is 1.85. The number of likely N-dealkylation sites (N-methyl/N-ethyl adjacent to an activating group) is 1. The van der Waals surface area contributed by atoms with Crippen molar-refractivity contribution in [3.05, 3.63) is 0 Å². The molecule has 2 atom stereocenters. The van der Waals surface area contributed by atoms with E-state index in [1.165, 1.54) is 0 Å². The van der Waals surface area contributed by atoms with Crippen LogP contribution < -0.4 is 0 Å². The predicted octanol–water partition coefficient (Wildman–Crippen LogP) is 0.564. The van der Waals surface area contributed by atoms with E-state index in [0.29, 0.717) is 13.1 Å². The smallest absolute Gasteiger partial charge is 0.242 e. The van der Waals surface area contributed by atoms with Crippen LogP contribution in [0.5, 0.6) is 0 Å². The third-order valence-corrected chi connectivity index (χ3v) is 2.00. The number of hydrogen-bond acceptors (Lipinski definition) is 2. The molecule has 0 radical (unpaired) electrons. The molecule has 0 aromatic heterocycles. The van der Waals surface area contributed by atoms with Gasteiger partial charge in [-0.2, -0.15) is 0 Å². The van der Waals surface area contributed by atoms with Crippen molar-refractivity contribution in [1.82, 2.24) is 4.90 Å². The van der Waals surface area contributed by atoms with Gasteiger partial charge in [0.25, 0.3) is 0 Å². The molecule has 1 aliphatic heterocycles. The minimum Gasteiger partial charge on any atom is -0.392 e. The summed E-state index contributed by atoms with van der Waals surface area (Å²) in [5, 5.41) is 9.12. The van der Waals surface area contributed by atoms with Crippen LogP contribution in [0.15, 0.2) is 0 Å². The molecule has 0 aliphatic carbocycles. The summed E-state index contributed by atoms with van der Waals surface area (Å²) in [5.41, 5.74) is 0. The number of likely N-dealkylation sites (tertiary alicyclic amines) is 1. The lowest BCUT2D eigenvalue weighted by molar-refractivity contribution is -0.0176. The van der Waals surface area contributed by atoms with E-state index in [0.717, 1.165) is 0 Å². The highest BCUT2D eigenvalue weighted by Gasteiger charge is 2.29. The fraction of sp³-hybridized carbons (Fsp3) is 1.00. The van der Waals surface area contributed by atoms with Crippen LogP contribution in [-0.4, -0.2) is 42.7 Å². The molecule has 1 aliphatic rings. The molecular weight excluding hydrogens is 152 g/mol. The molecule has 66 valence electrons. The van der Waals surface area contributed by atoms with Gasteiger partial charge in [-0.1, -0.05) is 0 Å². The van der Waals surface area contributed by atoms with E-state index in [4.69, 9.17) is 5.11 Å². The van der Waals surface area contributed by atoms with E-state index in [1.807, 2.05) is 0 Å². The molecule has 11 heavy (non-hydrogen) atoms. The van der Waals surface area contributed by atoms with E-state index in [1.54, 1.807) is 11.9 Å². The standard InChI is InChI=1S/C7H13F2NO/c1-10-3-5(7(8)9)2-6(11)4-10/h5-7,11H,2-4H2,1H3/t5?,6-/m0/s1. The van der Waals surface area contributed by atoms with Crippen molar-refractivity contribution in [1.29, 1.82) is 0 Å². The highest BCUT2D eigenvalue weighted by atomic mass is 19.3. The van der Waals surface area contributed by atoms with Crippen molar-refractivity contribution in [2.24, 2.45) is 5.92 Å². The molecule has 0 aromatic carbocycles. The SMILES string of the molecule is CN1CC(C(F)F)C[C@H](O)C1. The van der Waals surface area contributed by atoms with Gasteiger partial charge in [0.05, 0.1) is 6.10 Å². The van der Waals surface area contributed by atoms with Gasteiger partial charge in [-0.05, 0) is 13.5 Å². The Labute approximate surface area is 64.8 Å². The molecule has 0 aromatic rings. The van der Waals surface area contributed by atoms with Crippen molar-refractivity contribution >= 4 is 0 Å². The molecule has 0 bridgehead atoms. The molecular formula is C7H13F2NO. The largest absolute Gasteiger partial charge is 0.392 e. The van der Waals surface area contributed by atoms with Crippen molar-refractivity contribution in [2.45, 2.75) is 19.0 Å².